The van der Waals surface area contributed by atoms with E-state index < -0.39 is 0 Å². The molecule has 0 aromatic heterocycles. The third kappa shape index (κ3) is 6.27. The quantitative estimate of drug-likeness (QED) is 0.390. The highest BCUT2D eigenvalue weighted by molar-refractivity contribution is 6.23. The van der Waals surface area contributed by atoms with Gasteiger partial charge in [-0.2, -0.15) is 0 Å². The van der Waals surface area contributed by atoms with Gasteiger partial charge in [-0.05, 0) is 32.6 Å². The van der Waals surface area contributed by atoms with E-state index in [0.717, 1.165) is 44.9 Å². The van der Waals surface area contributed by atoms with Gasteiger partial charge < -0.3 is 14.6 Å². The van der Waals surface area contributed by atoms with E-state index in [0.29, 0.717) is 17.6 Å². The Morgan fingerprint density at radius 1 is 0.846 bits per heavy atom. The number of allylic oxidation sites excluding steroid dienone is 2. The van der Waals surface area contributed by atoms with Crippen molar-refractivity contribution in [2.45, 2.75) is 84.2 Å². The molecule has 0 saturated carbocycles. The predicted molar refractivity (Wildman–Crippen MR) is 102 cm³/mol. The first kappa shape index (κ1) is 22.4. The molecular weight excluding hydrogens is 332 g/mol. The molecule has 1 N–H and O–H groups in total. The number of carbonyl (C=O) groups excluding carboxylic acids is 2. The van der Waals surface area contributed by atoms with Crippen LogP contribution in [-0.4, -0.2) is 37.0 Å². The molecule has 1 aliphatic rings. The summed E-state index contributed by atoms with van der Waals surface area (Å²) in [5.74, 6) is -0.455. The number of unbranched alkanes of at least 4 members (excludes halogenated alkanes) is 6. The fourth-order valence-corrected chi connectivity index (χ4v) is 3.26. The highest BCUT2D eigenvalue weighted by Crippen LogP contribution is 2.28. The maximum absolute atomic E-state index is 12.5. The summed E-state index contributed by atoms with van der Waals surface area (Å²) >= 11 is 0. The molecule has 0 radical (unpaired) electrons. The van der Waals surface area contributed by atoms with E-state index in [1.165, 1.54) is 27.1 Å². The van der Waals surface area contributed by atoms with Crippen LogP contribution >= 0.6 is 0 Å². The summed E-state index contributed by atoms with van der Waals surface area (Å²) < 4.78 is 10.1. The maximum Gasteiger partial charge on any atom is 0.228 e. The highest BCUT2D eigenvalue weighted by atomic mass is 16.5. The van der Waals surface area contributed by atoms with E-state index in [2.05, 4.69) is 0 Å². The number of carbonyl (C=O) groups is 2. The third-order valence-electron chi connectivity index (χ3n) is 5.03. The number of rotatable bonds is 13. The zero-order valence-electron chi connectivity index (χ0n) is 16.7. The van der Waals surface area contributed by atoms with Gasteiger partial charge in [0, 0.05) is 11.1 Å². The largest absolute Gasteiger partial charge is 0.489 e. The van der Waals surface area contributed by atoms with E-state index in [-0.39, 0.29) is 29.2 Å². The SMILES string of the molecule is CCC(O)CCCCCCCCCC1=C(C)C(=O)C(OC)=C(OC)C1=O. The standard InChI is InChI=1S/C21H34O5/c1-5-16(22)13-11-9-7-6-8-10-12-14-17-15(2)18(23)20(25-3)21(26-4)19(17)24/h16,22H,5-14H2,1-4H3. The minimum Gasteiger partial charge on any atom is -0.489 e. The van der Waals surface area contributed by atoms with Crippen LogP contribution in [0, 0.1) is 0 Å². The molecule has 0 fully saturated rings. The van der Waals surface area contributed by atoms with Crippen molar-refractivity contribution in [2.24, 2.45) is 0 Å². The Hall–Kier alpha value is -1.62. The molecule has 0 aromatic rings. The lowest BCUT2D eigenvalue weighted by atomic mass is 9.89. The molecule has 26 heavy (non-hydrogen) atoms. The normalized spacial score (nSPS) is 16.3. The van der Waals surface area contributed by atoms with E-state index in [4.69, 9.17) is 9.47 Å². The first-order valence-electron chi connectivity index (χ1n) is 9.77. The third-order valence-corrected chi connectivity index (χ3v) is 5.03. The second kappa shape index (κ2) is 11.9. The van der Waals surface area contributed by atoms with E-state index in [1.807, 2.05) is 6.92 Å². The fraction of sp³-hybridized carbons (Fsp3) is 0.714. The Morgan fingerprint density at radius 3 is 1.88 bits per heavy atom. The van der Waals surface area contributed by atoms with Gasteiger partial charge in [0.25, 0.3) is 0 Å². The van der Waals surface area contributed by atoms with Gasteiger partial charge in [0.1, 0.15) is 0 Å². The number of ether oxygens (including phenoxy) is 2. The Morgan fingerprint density at radius 2 is 1.35 bits per heavy atom. The van der Waals surface area contributed by atoms with Gasteiger partial charge in [0.05, 0.1) is 20.3 Å². The van der Waals surface area contributed by atoms with Crippen molar-refractivity contribution in [1.82, 2.24) is 0 Å². The molecule has 1 atom stereocenters. The van der Waals surface area contributed by atoms with E-state index >= 15 is 0 Å². The molecule has 0 amide bonds. The lowest BCUT2D eigenvalue weighted by Crippen LogP contribution is -2.25. The van der Waals surface area contributed by atoms with Gasteiger partial charge in [0.15, 0.2) is 0 Å². The molecule has 0 bridgehead atoms. The Labute approximate surface area is 157 Å². The number of ketones is 2. The summed E-state index contributed by atoms with van der Waals surface area (Å²) in [4.78, 5) is 24.8. The summed E-state index contributed by atoms with van der Waals surface area (Å²) in [6.45, 7) is 3.69. The molecule has 0 aromatic carbocycles. The molecule has 1 unspecified atom stereocenters. The number of aliphatic hydroxyl groups is 1. The van der Waals surface area contributed by atoms with Crippen molar-refractivity contribution >= 4 is 11.6 Å². The van der Waals surface area contributed by atoms with Crippen LogP contribution in [0.15, 0.2) is 22.7 Å². The average Bonchev–Trinajstić information content (AvgIpc) is 2.64. The first-order valence-corrected chi connectivity index (χ1v) is 9.77. The van der Waals surface area contributed by atoms with Crippen molar-refractivity contribution in [2.75, 3.05) is 14.2 Å². The average molecular weight is 366 g/mol. The minimum atomic E-state index is -0.256. The van der Waals surface area contributed by atoms with Gasteiger partial charge >= 0.3 is 0 Å². The second-order valence-corrected chi connectivity index (χ2v) is 6.90. The van der Waals surface area contributed by atoms with E-state index in [9.17, 15) is 14.7 Å². The van der Waals surface area contributed by atoms with E-state index in [1.54, 1.807) is 6.92 Å². The number of hydrogen-bond acceptors (Lipinski definition) is 5. The summed E-state index contributed by atoms with van der Waals surface area (Å²) in [7, 11) is 2.76. The summed E-state index contributed by atoms with van der Waals surface area (Å²) in [5, 5.41) is 9.51. The minimum absolute atomic E-state index is 0.00643. The van der Waals surface area contributed by atoms with Crippen molar-refractivity contribution in [3.63, 3.8) is 0 Å². The van der Waals surface area contributed by atoms with Crippen LogP contribution < -0.4 is 0 Å². The second-order valence-electron chi connectivity index (χ2n) is 6.90. The highest BCUT2D eigenvalue weighted by Gasteiger charge is 2.34. The smallest absolute Gasteiger partial charge is 0.228 e. The first-order chi connectivity index (χ1) is 12.5. The molecule has 0 aliphatic heterocycles. The topological polar surface area (TPSA) is 72.8 Å². The summed E-state index contributed by atoms with van der Waals surface area (Å²) in [5.41, 5.74) is 1.03. The van der Waals surface area contributed by atoms with Crippen molar-refractivity contribution in [1.29, 1.82) is 0 Å². The molecule has 0 saturated heterocycles. The van der Waals surface area contributed by atoms with Crippen LogP contribution in [0.2, 0.25) is 0 Å². The zero-order valence-corrected chi connectivity index (χ0v) is 16.7. The maximum atomic E-state index is 12.5. The summed E-state index contributed by atoms with van der Waals surface area (Å²) in [6, 6.07) is 0. The van der Waals surface area contributed by atoms with Crippen molar-refractivity contribution < 1.29 is 24.2 Å². The monoisotopic (exact) mass is 366 g/mol. The van der Waals surface area contributed by atoms with Crippen LogP contribution in [0.25, 0.3) is 0 Å². The molecule has 1 rings (SSSR count). The Balaban J connectivity index is 2.32. The molecule has 5 heteroatoms. The van der Waals surface area contributed by atoms with Gasteiger partial charge in [0.2, 0.25) is 23.1 Å². The molecule has 5 nitrogen and oxygen atoms in total. The van der Waals surface area contributed by atoms with Gasteiger partial charge in [-0.25, -0.2) is 0 Å². The van der Waals surface area contributed by atoms with Crippen LogP contribution in [0.5, 0.6) is 0 Å². The van der Waals surface area contributed by atoms with Gasteiger partial charge in [-0.3, -0.25) is 9.59 Å². The number of hydrogen-bond donors (Lipinski definition) is 1. The molecular formula is C21H34O5. The molecule has 1 aliphatic carbocycles. The number of methoxy groups -OCH3 is 2. The molecule has 148 valence electrons. The Kier molecular flexibility index (Phi) is 10.3. The lowest BCUT2D eigenvalue weighted by Gasteiger charge is -2.20. The van der Waals surface area contributed by atoms with Gasteiger partial charge in [-0.1, -0.05) is 45.4 Å². The van der Waals surface area contributed by atoms with Crippen molar-refractivity contribution in [3.8, 4) is 0 Å². The predicted octanol–water partition coefficient (Wildman–Crippen LogP) is 4.24. The Bertz CT molecular complexity index is 545. The molecule has 0 heterocycles. The summed E-state index contributed by atoms with van der Waals surface area (Å²) in [6.07, 6.45) is 9.85. The van der Waals surface area contributed by atoms with Crippen molar-refractivity contribution in [3.05, 3.63) is 22.7 Å². The van der Waals surface area contributed by atoms with Crippen LogP contribution in [0.4, 0.5) is 0 Å². The lowest BCUT2D eigenvalue weighted by molar-refractivity contribution is -0.121. The zero-order chi connectivity index (χ0) is 19.5. The number of aliphatic hydroxyl groups excluding tert-OH is 1. The fourth-order valence-electron chi connectivity index (χ4n) is 3.26. The number of Topliss-reactive ketones (excluding diaryl/α,β-unsaturated/α-hetero) is 2. The van der Waals surface area contributed by atoms with Crippen LogP contribution in [0.3, 0.4) is 0 Å². The molecule has 0 spiro atoms. The van der Waals surface area contributed by atoms with Crippen LogP contribution in [0.1, 0.15) is 78.1 Å². The van der Waals surface area contributed by atoms with Gasteiger partial charge in [-0.15, -0.1) is 0 Å². The van der Waals surface area contributed by atoms with Crippen LogP contribution in [-0.2, 0) is 19.1 Å².